The molecule has 1 fully saturated rings. The van der Waals surface area contributed by atoms with Gasteiger partial charge < -0.3 is 19.7 Å². The Balaban J connectivity index is 1.29. The zero-order chi connectivity index (χ0) is 20.2. The molecule has 152 valence electrons. The van der Waals surface area contributed by atoms with Crippen LogP contribution < -0.4 is 14.8 Å². The van der Waals surface area contributed by atoms with E-state index in [2.05, 4.69) is 5.32 Å². The van der Waals surface area contributed by atoms with Crippen molar-refractivity contribution in [3.05, 3.63) is 53.8 Å². The topological polar surface area (TPSA) is 67.9 Å². The SMILES string of the molecule is O=C(Nc1ccc2c(c1)OCCO2)C1CCN(C(=O)Cc2cccc(F)c2)CC1. The zero-order valence-electron chi connectivity index (χ0n) is 16.0. The maximum absolute atomic E-state index is 13.3. The highest BCUT2D eigenvalue weighted by molar-refractivity contribution is 5.93. The number of carbonyl (C=O) groups is 2. The van der Waals surface area contributed by atoms with Crippen molar-refractivity contribution >= 4 is 17.5 Å². The van der Waals surface area contributed by atoms with E-state index in [1.54, 1.807) is 35.2 Å². The van der Waals surface area contributed by atoms with Gasteiger partial charge in [-0.1, -0.05) is 12.1 Å². The van der Waals surface area contributed by atoms with E-state index in [1.807, 2.05) is 0 Å². The van der Waals surface area contributed by atoms with E-state index in [1.165, 1.54) is 12.1 Å². The lowest BCUT2D eigenvalue weighted by molar-refractivity contribution is -0.133. The van der Waals surface area contributed by atoms with Crippen LogP contribution in [0.15, 0.2) is 42.5 Å². The normalized spacial score (nSPS) is 16.4. The number of ether oxygens (including phenoxy) is 2. The first-order chi connectivity index (χ1) is 14.1. The summed E-state index contributed by atoms with van der Waals surface area (Å²) >= 11 is 0. The standard InChI is InChI=1S/C22H23FN2O4/c23-17-3-1-2-15(12-17)13-21(26)25-8-6-16(7-9-25)22(27)24-18-4-5-19-20(14-18)29-11-10-28-19/h1-5,12,14,16H,6-11,13H2,(H,24,27). The second-order valence-electron chi connectivity index (χ2n) is 7.31. The lowest BCUT2D eigenvalue weighted by Crippen LogP contribution is -2.42. The Morgan fingerprint density at radius 1 is 1.03 bits per heavy atom. The Hall–Kier alpha value is -3.09. The monoisotopic (exact) mass is 398 g/mol. The van der Waals surface area contributed by atoms with E-state index < -0.39 is 0 Å². The number of nitrogens with one attached hydrogen (secondary N) is 1. The molecule has 2 aromatic rings. The summed E-state index contributed by atoms with van der Waals surface area (Å²) in [6.45, 7) is 2.06. The Morgan fingerprint density at radius 2 is 1.79 bits per heavy atom. The average molecular weight is 398 g/mol. The van der Waals surface area contributed by atoms with Gasteiger partial charge in [0, 0.05) is 30.8 Å². The molecule has 29 heavy (non-hydrogen) atoms. The van der Waals surface area contributed by atoms with Crippen molar-refractivity contribution in [1.82, 2.24) is 4.90 Å². The van der Waals surface area contributed by atoms with Crippen LogP contribution in [0.3, 0.4) is 0 Å². The predicted molar refractivity (Wildman–Crippen MR) is 105 cm³/mol. The van der Waals surface area contributed by atoms with Crippen LogP contribution in [0, 0.1) is 11.7 Å². The van der Waals surface area contributed by atoms with Crippen LogP contribution in [0.5, 0.6) is 11.5 Å². The molecule has 2 heterocycles. The largest absolute Gasteiger partial charge is 0.486 e. The molecule has 6 nitrogen and oxygen atoms in total. The third kappa shape index (κ3) is 4.67. The third-order valence-electron chi connectivity index (χ3n) is 5.27. The first-order valence-electron chi connectivity index (χ1n) is 9.81. The van der Waals surface area contributed by atoms with Gasteiger partial charge in [0.15, 0.2) is 11.5 Å². The Bertz CT molecular complexity index is 909. The van der Waals surface area contributed by atoms with Crippen LogP contribution >= 0.6 is 0 Å². The Morgan fingerprint density at radius 3 is 2.55 bits per heavy atom. The molecule has 0 atom stereocenters. The number of amides is 2. The van der Waals surface area contributed by atoms with Gasteiger partial charge in [-0.3, -0.25) is 9.59 Å². The molecule has 4 rings (SSSR count). The quantitative estimate of drug-likeness (QED) is 0.860. The molecule has 2 aliphatic rings. The molecule has 2 aliphatic heterocycles. The van der Waals surface area contributed by atoms with Crippen molar-refractivity contribution in [3.63, 3.8) is 0 Å². The Labute approximate surface area is 168 Å². The molecule has 0 saturated carbocycles. The average Bonchev–Trinajstić information content (AvgIpc) is 2.74. The fourth-order valence-electron chi connectivity index (χ4n) is 3.69. The molecule has 1 saturated heterocycles. The van der Waals surface area contributed by atoms with Crippen molar-refractivity contribution in [2.45, 2.75) is 19.3 Å². The summed E-state index contributed by atoms with van der Waals surface area (Å²) in [5.41, 5.74) is 1.33. The zero-order valence-corrected chi connectivity index (χ0v) is 16.0. The van der Waals surface area contributed by atoms with Crippen LogP contribution in [0.4, 0.5) is 10.1 Å². The van der Waals surface area contributed by atoms with E-state index >= 15 is 0 Å². The molecule has 2 amide bonds. The fourth-order valence-corrected chi connectivity index (χ4v) is 3.69. The molecule has 0 bridgehead atoms. The number of benzene rings is 2. The molecule has 2 aromatic carbocycles. The van der Waals surface area contributed by atoms with Crippen LogP contribution in [0.2, 0.25) is 0 Å². The van der Waals surface area contributed by atoms with Crippen LogP contribution in [0.25, 0.3) is 0 Å². The van der Waals surface area contributed by atoms with Crippen LogP contribution in [-0.2, 0) is 16.0 Å². The van der Waals surface area contributed by atoms with Gasteiger partial charge in [0.2, 0.25) is 11.8 Å². The lowest BCUT2D eigenvalue weighted by Gasteiger charge is -2.31. The molecule has 0 aromatic heterocycles. The summed E-state index contributed by atoms with van der Waals surface area (Å²) in [5.74, 6) is 0.720. The highest BCUT2D eigenvalue weighted by atomic mass is 19.1. The summed E-state index contributed by atoms with van der Waals surface area (Å²) in [4.78, 5) is 26.8. The van der Waals surface area contributed by atoms with Gasteiger partial charge in [0.1, 0.15) is 19.0 Å². The van der Waals surface area contributed by atoms with Crippen molar-refractivity contribution in [2.24, 2.45) is 5.92 Å². The second-order valence-corrected chi connectivity index (χ2v) is 7.31. The summed E-state index contributed by atoms with van der Waals surface area (Å²) in [5, 5.41) is 2.93. The minimum Gasteiger partial charge on any atom is -0.486 e. The number of rotatable bonds is 4. The number of likely N-dealkylation sites (tertiary alicyclic amines) is 1. The molecule has 0 spiro atoms. The fraction of sp³-hybridized carbons (Fsp3) is 0.364. The Kier molecular flexibility index (Phi) is 5.64. The van der Waals surface area contributed by atoms with Crippen LogP contribution in [-0.4, -0.2) is 43.0 Å². The summed E-state index contributed by atoms with van der Waals surface area (Å²) < 4.78 is 24.3. The van der Waals surface area contributed by atoms with Gasteiger partial charge in [0.25, 0.3) is 0 Å². The molecule has 7 heteroatoms. The van der Waals surface area contributed by atoms with Gasteiger partial charge in [-0.15, -0.1) is 0 Å². The van der Waals surface area contributed by atoms with E-state index in [0.29, 0.717) is 61.9 Å². The smallest absolute Gasteiger partial charge is 0.227 e. The van der Waals surface area contributed by atoms with Crippen molar-refractivity contribution in [3.8, 4) is 11.5 Å². The first kappa shape index (κ1) is 19.2. The number of anilines is 1. The molecular formula is C22H23FN2O4. The van der Waals surface area contributed by atoms with Gasteiger partial charge in [0.05, 0.1) is 6.42 Å². The maximum Gasteiger partial charge on any atom is 0.227 e. The van der Waals surface area contributed by atoms with Gasteiger partial charge >= 0.3 is 0 Å². The highest BCUT2D eigenvalue weighted by Gasteiger charge is 2.27. The molecule has 0 unspecified atom stereocenters. The molecule has 0 radical (unpaired) electrons. The van der Waals surface area contributed by atoms with E-state index in [9.17, 15) is 14.0 Å². The molecule has 1 N–H and O–H groups in total. The number of fused-ring (bicyclic) bond motifs is 1. The minimum atomic E-state index is -0.343. The van der Waals surface area contributed by atoms with Crippen LogP contribution in [0.1, 0.15) is 18.4 Å². The number of hydrogen-bond donors (Lipinski definition) is 1. The first-order valence-corrected chi connectivity index (χ1v) is 9.81. The van der Waals surface area contributed by atoms with Crippen molar-refractivity contribution in [1.29, 1.82) is 0 Å². The van der Waals surface area contributed by atoms with Crippen molar-refractivity contribution < 1.29 is 23.5 Å². The van der Waals surface area contributed by atoms with Gasteiger partial charge in [-0.2, -0.15) is 0 Å². The summed E-state index contributed by atoms with van der Waals surface area (Å²) in [6.07, 6.45) is 1.38. The molecular weight excluding hydrogens is 375 g/mol. The minimum absolute atomic E-state index is 0.0405. The maximum atomic E-state index is 13.3. The number of halogens is 1. The second kappa shape index (κ2) is 8.51. The van der Waals surface area contributed by atoms with Crippen molar-refractivity contribution in [2.75, 3.05) is 31.6 Å². The number of hydrogen-bond acceptors (Lipinski definition) is 4. The van der Waals surface area contributed by atoms with Gasteiger partial charge in [-0.05, 0) is 42.7 Å². The highest BCUT2D eigenvalue weighted by Crippen LogP contribution is 2.33. The van der Waals surface area contributed by atoms with E-state index in [4.69, 9.17) is 9.47 Å². The predicted octanol–water partition coefficient (Wildman–Crippen LogP) is 3.02. The summed E-state index contributed by atoms with van der Waals surface area (Å²) in [6, 6.07) is 11.4. The molecule has 0 aliphatic carbocycles. The number of piperidine rings is 1. The summed E-state index contributed by atoms with van der Waals surface area (Å²) in [7, 11) is 0. The van der Waals surface area contributed by atoms with E-state index in [0.717, 1.165) is 0 Å². The lowest BCUT2D eigenvalue weighted by atomic mass is 9.95. The number of carbonyl (C=O) groups excluding carboxylic acids is 2. The van der Waals surface area contributed by atoms with Gasteiger partial charge in [-0.25, -0.2) is 4.39 Å². The third-order valence-corrected chi connectivity index (χ3v) is 5.27. The number of nitrogens with zero attached hydrogens (tertiary/aromatic N) is 1. The van der Waals surface area contributed by atoms with E-state index in [-0.39, 0.29) is 30.0 Å².